The second-order valence-corrected chi connectivity index (χ2v) is 13.0. The van der Waals surface area contributed by atoms with Gasteiger partial charge in [-0.3, -0.25) is 0 Å². The summed E-state index contributed by atoms with van der Waals surface area (Å²) in [6, 6.07) is 13.8. The molecule has 0 aliphatic heterocycles. The van der Waals surface area contributed by atoms with E-state index in [1.54, 1.807) is 0 Å². The van der Waals surface area contributed by atoms with Crippen LogP contribution in [0.2, 0.25) is 0 Å². The molecule has 0 spiro atoms. The van der Waals surface area contributed by atoms with Gasteiger partial charge in [0.05, 0.1) is 50.3 Å². The highest BCUT2D eigenvalue weighted by Crippen LogP contribution is 2.53. The number of aryl methyl sites for hydroxylation is 4. The summed E-state index contributed by atoms with van der Waals surface area (Å²) < 4.78 is 16.4. The van der Waals surface area contributed by atoms with Gasteiger partial charge in [-0.25, -0.2) is 0 Å². The van der Waals surface area contributed by atoms with E-state index in [1.807, 2.05) is 45.3 Å². The lowest BCUT2D eigenvalue weighted by molar-refractivity contribution is 1.02. The Kier molecular flexibility index (Phi) is 3.25. The van der Waals surface area contributed by atoms with Gasteiger partial charge in [0.2, 0.25) is 0 Å². The Morgan fingerprint density at radius 1 is 0.500 bits per heavy atom. The molecule has 0 aliphatic carbocycles. The second-order valence-electron chi connectivity index (χ2n) is 8.89. The molecule has 8 aromatic rings. The number of benzene rings is 2. The lowest BCUT2D eigenvalue weighted by atomic mass is 10.2. The molecule has 0 radical (unpaired) electrons. The van der Waals surface area contributed by atoms with Crippen molar-refractivity contribution >= 4 is 116 Å². The molecule has 0 unspecified atom stereocenters. The van der Waals surface area contributed by atoms with E-state index < -0.39 is 0 Å². The molecule has 0 atom stereocenters. The first-order chi connectivity index (χ1) is 15.5. The third kappa shape index (κ3) is 1.97. The van der Waals surface area contributed by atoms with Gasteiger partial charge in [0.1, 0.15) is 0 Å². The summed E-state index contributed by atoms with van der Waals surface area (Å²) in [6.45, 7) is 4.37. The van der Waals surface area contributed by atoms with Crippen LogP contribution in [0.25, 0.3) is 70.4 Å². The fraction of sp³-hybridized carbons (Fsp3) is 0.154. The average Bonchev–Trinajstić information content (AvgIpc) is 3.53. The quantitative estimate of drug-likeness (QED) is 0.202. The molecule has 0 saturated carbocycles. The van der Waals surface area contributed by atoms with Crippen LogP contribution in [0.3, 0.4) is 0 Å². The molecular formula is C26H18N2S4. The molecule has 6 heteroatoms. The maximum Gasteiger partial charge on any atom is 0.0789 e. The Hall–Kier alpha value is -2.38. The van der Waals surface area contributed by atoms with E-state index in [-0.39, 0.29) is 0 Å². The molecule has 156 valence electrons. The molecule has 2 aromatic carbocycles. The van der Waals surface area contributed by atoms with E-state index in [4.69, 9.17) is 0 Å². The molecule has 6 heterocycles. The number of hydrogen-bond acceptors (Lipinski definition) is 4. The van der Waals surface area contributed by atoms with Gasteiger partial charge in [-0.05, 0) is 37.1 Å². The third-order valence-corrected chi connectivity index (χ3v) is 12.0. The monoisotopic (exact) mass is 486 g/mol. The molecule has 32 heavy (non-hydrogen) atoms. The van der Waals surface area contributed by atoms with Crippen molar-refractivity contribution in [3.63, 3.8) is 0 Å². The Morgan fingerprint density at radius 3 is 1.28 bits per heavy atom. The van der Waals surface area contributed by atoms with Crippen LogP contribution in [0.1, 0.15) is 11.1 Å². The van der Waals surface area contributed by atoms with E-state index in [0.29, 0.717) is 0 Å². The van der Waals surface area contributed by atoms with Crippen molar-refractivity contribution in [1.29, 1.82) is 0 Å². The van der Waals surface area contributed by atoms with Crippen LogP contribution in [0, 0.1) is 13.8 Å². The number of nitrogens with zero attached hydrogens (tertiary/aromatic N) is 2. The van der Waals surface area contributed by atoms with E-state index in [1.165, 1.54) is 81.6 Å². The van der Waals surface area contributed by atoms with E-state index in [9.17, 15) is 0 Å². The number of rotatable bonds is 0. The Bertz CT molecular complexity index is 1930. The Morgan fingerprint density at radius 2 is 0.875 bits per heavy atom. The van der Waals surface area contributed by atoms with Crippen molar-refractivity contribution < 1.29 is 0 Å². The fourth-order valence-corrected chi connectivity index (χ4v) is 11.3. The summed E-state index contributed by atoms with van der Waals surface area (Å²) in [6.07, 6.45) is 0. The first kappa shape index (κ1) is 18.1. The SMILES string of the molecule is Cc1ccc2c(c1)sc1c3sc4c(sc5c6sc7cc(C)ccc7c6n(C)c54)c3n(C)c21. The van der Waals surface area contributed by atoms with E-state index >= 15 is 0 Å². The summed E-state index contributed by atoms with van der Waals surface area (Å²) in [4.78, 5) is 0. The van der Waals surface area contributed by atoms with Gasteiger partial charge in [0.25, 0.3) is 0 Å². The minimum absolute atomic E-state index is 1.33. The smallest absolute Gasteiger partial charge is 0.0789 e. The van der Waals surface area contributed by atoms with Gasteiger partial charge < -0.3 is 9.13 Å². The largest absolute Gasteiger partial charge is 0.340 e. The van der Waals surface area contributed by atoms with E-state index in [0.717, 1.165) is 0 Å². The standard InChI is InChI=1S/C26H18N2S4/c1-11-5-7-13-15(9-11)29-21-17(13)27(3)19-23(21)31-26-20-24(32-25(19)26)22-18(28(20)4)14-8-6-12(2)10-16(14)30-22/h5-10H,1-4H3. The minimum atomic E-state index is 1.33. The fourth-order valence-electron chi connectivity index (χ4n) is 5.41. The molecule has 6 aromatic heterocycles. The Labute approximate surface area is 199 Å². The number of fused-ring (bicyclic) bond motifs is 13. The molecule has 0 saturated heterocycles. The van der Waals surface area contributed by atoms with Crippen molar-refractivity contribution in [1.82, 2.24) is 9.13 Å². The van der Waals surface area contributed by atoms with Crippen LogP contribution in [-0.2, 0) is 14.1 Å². The molecule has 8 rings (SSSR count). The molecule has 0 amide bonds. The third-order valence-electron chi connectivity index (χ3n) is 6.87. The lowest BCUT2D eigenvalue weighted by Crippen LogP contribution is -1.86. The molecular weight excluding hydrogens is 469 g/mol. The van der Waals surface area contributed by atoms with Crippen molar-refractivity contribution in [3.8, 4) is 0 Å². The van der Waals surface area contributed by atoms with Crippen LogP contribution in [0.4, 0.5) is 0 Å². The number of thiophene rings is 4. The topological polar surface area (TPSA) is 9.86 Å². The van der Waals surface area contributed by atoms with Crippen LogP contribution in [0.15, 0.2) is 36.4 Å². The summed E-state index contributed by atoms with van der Waals surface area (Å²) in [5.74, 6) is 0. The highest BCUT2D eigenvalue weighted by atomic mass is 32.1. The predicted octanol–water partition coefficient (Wildman–Crippen LogP) is 9.30. The highest BCUT2D eigenvalue weighted by molar-refractivity contribution is 7.41. The average molecular weight is 487 g/mol. The van der Waals surface area contributed by atoms with Gasteiger partial charge in [-0.2, -0.15) is 0 Å². The summed E-state index contributed by atoms with van der Waals surface area (Å²) in [7, 11) is 4.51. The van der Waals surface area contributed by atoms with Gasteiger partial charge in [-0.1, -0.05) is 24.3 Å². The van der Waals surface area contributed by atoms with Gasteiger partial charge >= 0.3 is 0 Å². The minimum Gasteiger partial charge on any atom is -0.340 e. The molecule has 0 N–H and O–H groups in total. The van der Waals surface area contributed by atoms with Gasteiger partial charge in [0.15, 0.2) is 0 Å². The van der Waals surface area contributed by atoms with Crippen LogP contribution < -0.4 is 0 Å². The lowest BCUT2D eigenvalue weighted by Gasteiger charge is -1.99. The summed E-state index contributed by atoms with van der Waals surface area (Å²) in [5, 5.41) is 2.77. The molecule has 0 aliphatic rings. The van der Waals surface area contributed by atoms with Crippen molar-refractivity contribution in [3.05, 3.63) is 47.5 Å². The first-order valence-electron chi connectivity index (χ1n) is 10.6. The predicted molar refractivity (Wildman–Crippen MR) is 148 cm³/mol. The molecule has 0 bridgehead atoms. The van der Waals surface area contributed by atoms with E-state index in [2.05, 4.69) is 73.5 Å². The zero-order chi connectivity index (χ0) is 21.5. The Balaban J connectivity index is 1.55. The molecule has 2 nitrogen and oxygen atoms in total. The van der Waals surface area contributed by atoms with Gasteiger partial charge in [-0.15, -0.1) is 45.3 Å². The maximum absolute atomic E-state index is 2.46. The normalized spacial score (nSPS) is 13.0. The summed E-state index contributed by atoms with van der Waals surface area (Å²) >= 11 is 7.89. The van der Waals surface area contributed by atoms with Gasteiger partial charge in [0, 0.05) is 34.3 Å². The van der Waals surface area contributed by atoms with Crippen LogP contribution >= 0.6 is 45.3 Å². The van der Waals surface area contributed by atoms with Crippen LogP contribution in [-0.4, -0.2) is 9.13 Å². The zero-order valence-electron chi connectivity index (χ0n) is 18.0. The maximum atomic E-state index is 2.46. The zero-order valence-corrected chi connectivity index (χ0v) is 21.3. The highest BCUT2D eigenvalue weighted by Gasteiger charge is 2.25. The van der Waals surface area contributed by atoms with Crippen molar-refractivity contribution in [2.24, 2.45) is 14.1 Å². The first-order valence-corrected chi connectivity index (χ1v) is 13.9. The van der Waals surface area contributed by atoms with Crippen molar-refractivity contribution in [2.75, 3.05) is 0 Å². The number of aromatic nitrogens is 2. The number of hydrogen-bond donors (Lipinski definition) is 0. The van der Waals surface area contributed by atoms with Crippen LogP contribution in [0.5, 0.6) is 0 Å². The summed E-state index contributed by atoms with van der Waals surface area (Å²) in [5.41, 5.74) is 8.29. The molecule has 0 fully saturated rings. The second kappa shape index (κ2) is 5.75. The van der Waals surface area contributed by atoms with Crippen molar-refractivity contribution in [2.45, 2.75) is 13.8 Å².